The lowest BCUT2D eigenvalue weighted by molar-refractivity contribution is -0.116. The lowest BCUT2D eigenvalue weighted by Crippen LogP contribution is -2.23. The molecule has 140 valence electrons. The van der Waals surface area contributed by atoms with Crippen LogP contribution in [0.5, 0.6) is 5.75 Å². The van der Waals surface area contributed by atoms with Gasteiger partial charge in [0.1, 0.15) is 5.75 Å². The number of nitrogens with zero attached hydrogens (tertiary/aromatic N) is 3. The molecule has 2 aromatic heterocycles. The molecule has 7 nitrogen and oxygen atoms in total. The van der Waals surface area contributed by atoms with Crippen LogP contribution in [0.1, 0.15) is 18.5 Å². The molecule has 0 radical (unpaired) electrons. The van der Waals surface area contributed by atoms with Crippen molar-refractivity contribution < 1.29 is 9.53 Å². The molecule has 3 aromatic rings. The summed E-state index contributed by atoms with van der Waals surface area (Å²) in [6.45, 7) is 2.24. The minimum Gasteiger partial charge on any atom is -0.497 e. The number of benzene rings is 1. The Kier molecular flexibility index (Phi) is 5.97. The Labute approximate surface area is 160 Å². The second-order valence-electron chi connectivity index (χ2n) is 5.96. The number of thiazole rings is 1. The minimum atomic E-state index is -0.197. The Balaban J connectivity index is 1.63. The average Bonchev–Trinajstić information content (AvgIpc) is 3.08. The number of anilines is 1. The number of hydrogen-bond acceptors (Lipinski definition) is 6. The molecule has 1 aromatic carbocycles. The smallest absolute Gasteiger partial charge is 0.266 e. The van der Waals surface area contributed by atoms with Gasteiger partial charge in [-0.25, -0.2) is 9.67 Å². The molecule has 0 unspecified atom stereocenters. The fourth-order valence-electron chi connectivity index (χ4n) is 2.53. The number of aromatic nitrogens is 3. The van der Waals surface area contributed by atoms with Gasteiger partial charge in [0.15, 0.2) is 5.13 Å². The van der Waals surface area contributed by atoms with Gasteiger partial charge in [0, 0.05) is 30.0 Å². The molecule has 0 aliphatic rings. The van der Waals surface area contributed by atoms with Gasteiger partial charge in [0.2, 0.25) is 5.91 Å². The van der Waals surface area contributed by atoms with Crippen LogP contribution in [0.25, 0.3) is 11.3 Å². The Morgan fingerprint density at radius 3 is 2.89 bits per heavy atom. The van der Waals surface area contributed by atoms with Gasteiger partial charge in [-0.15, -0.1) is 11.3 Å². The number of carbonyl (C=O) groups excluding carboxylic acids is 1. The van der Waals surface area contributed by atoms with Crippen LogP contribution in [0.15, 0.2) is 46.6 Å². The van der Waals surface area contributed by atoms with Gasteiger partial charge in [-0.1, -0.05) is 12.1 Å². The predicted molar refractivity (Wildman–Crippen MR) is 105 cm³/mol. The van der Waals surface area contributed by atoms with E-state index >= 15 is 0 Å². The van der Waals surface area contributed by atoms with Crippen LogP contribution in [-0.2, 0) is 11.3 Å². The Morgan fingerprint density at radius 1 is 1.30 bits per heavy atom. The van der Waals surface area contributed by atoms with Gasteiger partial charge in [0.25, 0.3) is 5.56 Å². The van der Waals surface area contributed by atoms with Crippen molar-refractivity contribution in [2.45, 2.75) is 26.3 Å². The number of methoxy groups -OCH3 is 1. The molecule has 3 rings (SSSR count). The van der Waals surface area contributed by atoms with Gasteiger partial charge < -0.3 is 10.1 Å². The summed E-state index contributed by atoms with van der Waals surface area (Å²) in [4.78, 5) is 28.3. The summed E-state index contributed by atoms with van der Waals surface area (Å²) in [5.74, 6) is 0.600. The highest BCUT2D eigenvalue weighted by Gasteiger charge is 2.08. The highest BCUT2D eigenvalue weighted by molar-refractivity contribution is 7.13. The molecule has 0 atom stereocenters. The second-order valence-corrected chi connectivity index (χ2v) is 6.82. The molecule has 27 heavy (non-hydrogen) atoms. The third-order valence-electron chi connectivity index (χ3n) is 3.87. The summed E-state index contributed by atoms with van der Waals surface area (Å²) in [6, 6.07) is 10.7. The Bertz CT molecular complexity index is 996. The summed E-state index contributed by atoms with van der Waals surface area (Å²) < 4.78 is 6.61. The number of amides is 1. The zero-order chi connectivity index (χ0) is 19.2. The van der Waals surface area contributed by atoms with E-state index in [-0.39, 0.29) is 17.9 Å². The van der Waals surface area contributed by atoms with E-state index in [0.29, 0.717) is 23.8 Å². The molecular weight excluding hydrogens is 364 g/mol. The molecular formula is C19H20N4O3S. The maximum atomic E-state index is 12.1. The lowest BCUT2D eigenvalue weighted by Gasteiger charge is -2.08. The van der Waals surface area contributed by atoms with Crippen LogP contribution in [0, 0.1) is 6.92 Å². The maximum Gasteiger partial charge on any atom is 0.266 e. The number of nitrogens with one attached hydrogen (secondary N) is 1. The van der Waals surface area contributed by atoms with Crippen molar-refractivity contribution in [3.8, 4) is 17.0 Å². The third-order valence-corrected chi connectivity index (χ3v) is 4.75. The second kappa shape index (κ2) is 8.59. The normalized spacial score (nSPS) is 10.6. The standard InChI is InChI=1S/C19H20N4O3S/c1-13-12-27-19(20-13)21-17(24)7-4-10-23-18(25)9-8-16(22-23)14-5-3-6-15(11-14)26-2/h3,5-6,8-9,11-12H,4,7,10H2,1-2H3,(H,20,21,24). The molecule has 0 fully saturated rings. The van der Waals surface area contributed by atoms with E-state index in [0.717, 1.165) is 17.0 Å². The number of carbonyl (C=O) groups is 1. The molecule has 0 saturated heterocycles. The van der Waals surface area contributed by atoms with Crippen molar-refractivity contribution in [3.63, 3.8) is 0 Å². The Morgan fingerprint density at radius 2 is 2.15 bits per heavy atom. The van der Waals surface area contributed by atoms with Crippen LogP contribution in [-0.4, -0.2) is 27.8 Å². The molecule has 1 N–H and O–H groups in total. The summed E-state index contributed by atoms with van der Waals surface area (Å²) in [6.07, 6.45) is 0.792. The summed E-state index contributed by atoms with van der Waals surface area (Å²) in [5.41, 5.74) is 2.22. The number of rotatable bonds is 7. The highest BCUT2D eigenvalue weighted by Crippen LogP contribution is 2.21. The van der Waals surface area contributed by atoms with Crippen LogP contribution in [0.2, 0.25) is 0 Å². The van der Waals surface area contributed by atoms with Crippen molar-refractivity contribution in [1.82, 2.24) is 14.8 Å². The van der Waals surface area contributed by atoms with Gasteiger partial charge in [-0.2, -0.15) is 5.10 Å². The first kappa shape index (κ1) is 18.8. The SMILES string of the molecule is COc1cccc(-c2ccc(=O)n(CCCC(=O)Nc3nc(C)cs3)n2)c1. The van der Waals surface area contributed by atoms with Crippen molar-refractivity contribution in [2.75, 3.05) is 12.4 Å². The summed E-state index contributed by atoms with van der Waals surface area (Å²) >= 11 is 1.39. The molecule has 0 aliphatic carbocycles. The monoisotopic (exact) mass is 384 g/mol. The first-order valence-corrected chi connectivity index (χ1v) is 9.38. The minimum absolute atomic E-state index is 0.124. The zero-order valence-electron chi connectivity index (χ0n) is 15.1. The molecule has 0 spiro atoms. The number of aryl methyl sites for hydroxylation is 2. The van der Waals surface area contributed by atoms with Crippen LogP contribution >= 0.6 is 11.3 Å². The third kappa shape index (κ3) is 5.01. The van der Waals surface area contributed by atoms with E-state index in [1.807, 2.05) is 36.6 Å². The van der Waals surface area contributed by atoms with Crippen LogP contribution < -0.4 is 15.6 Å². The number of ether oxygens (including phenoxy) is 1. The fraction of sp³-hybridized carbons (Fsp3) is 0.263. The zero-order valence-corrected chi connectivity index (χ0v) is 16.0. The fourth-order valence-corrected chi connectivity index (χ4v) is 3.23. The van der Waals surface area contributed by atoms with E-state index in [1.54, 1.807) is 13.2 Å². The van der Waals surface area contributed by atoms with E-state index in [1.165, 1.54) is 22.1 Å². The van der Waals surface area contributed by atoms with E-state index in [2.05, 4.69) is 15.4 Å². The predicted octanol–water partition coefficient (Wildman–Crippen LogP) is 3.10. The molecule has 1 amide bonds. The van der Waals surface area contributed by atoms with Crippen molar-refractivity contribution >= 4 is 22.4 Å². The van der Waals surface area contributed by atoms with E-state index < -0.39 is 0 Å². The average molecular weight is 384 g/mol. The molecule has 8 heteroatoms. The van der Waals surface area contributed by atoms with E-state index in [9.17, 15) is 9.59 Å². The quantitative estimate of drug-likeness (QED) is 0.676. The first-order chi connectivity index (χ1) is 13.0. The van der Waals surface area contributed by atoms with Gasteiger partial charge in [-0.05, 0) is 31.5 Å². The highest BCUT2D eigenvalue weighted by atomic mass is 32.1. The van der Waals surface area contributed by atoms with Crippen molar-refractivity contribution in [2.24, 2.45) is 0 Å². The largest absolute Gasteiger partial charge is 0.497 e. The molecule has 0 aliphatic heterocycles. The summed E-state index contributed by atoms with van der Waals surface area (Å²) in [5, 5.41) is 9.64. The Hall–Kier alpha value is -3.00. The van der Waals surface area contributed by atoms with E-state index in [4.69, 9.17) is 4.74 Å². The number of hydrogen-bond donors (Lipinski definition) is 1. The van der Waals surface area contributed by atoms with Crippen LogP contribution in [0.4, 0.5) is 5.13 Å². The van der Waals surface area contributed by atoms with Gasteiger partial charge in [0.05, 0.1) is 18.5 Å². The maximum absolute atomic E-state index is 12.1. The molecule has 2 heterocycles. The summed E-state index contributed by atoms with van der Waals surface area (Å²) in [7, 11) is 1.60. The van der Waals surface area contributed by atoms with Gasteiger partial charge in [-0.3, -0.25) is 9.59 Å². The lowest BCUT2D eigenvalue weighted by atomic mass is 10.1. The molecule has 0 bridgehead atoms. The van der Waals surface area contributed by atoms with Crippen LogP contribution in [0.3, 0.4) is 0 Å². The van der Waals surface area contributed by atoms with Gasteiger partial charge >= 0.3 is 0 Å². The topological polar surface area (TPSA) is 86.1 Å². The first-order valence-electron chi connectivity index (χ1n) is 8.50. The molecule has 0 saturated carbocycles. The van der Waals surface area contributed by atoms with Crippen molar-refractivity contribution in [3.05, 3.63) is 57.8 Å². The van der Waals surface area contributed by atoms with Crippen molar-refractivity contribution in [1.29, 1.82) is 0 Å².